The predicted octanol–water partition coefficient (Wildman–Crippen LogP) is 2.58. The number of hydrogen-bond acceptors (Lipinski definition) is 5. The van der Waals surface area contributed by atoms with Crippen LogP contribution in [0.15, 0.2) is 22.6 Å². The normalized spacial score (nSPS) is 16.1. The maximum absolute atomic E-state index is 12.6. The van der Waals surface area contributed by atoms with E-state index in [-0.39, 0.29) is 11.8 Å². The minimum Gasteiger partial charge on any atom is -0.337 e. The zero-order valence-electron chi connectivity index (χ0n) is 14.0. The lowest BCUT2D eigenvalue weighted by molar-refractivity contribution is -0.141. The van der Waals surface area contributed by atoms with E-state index in [2.05, 4.69) is 9.97 Å². The van der Waals surface area contributed by atoms with Crippen LogP contribution >= 0.6 is 11.3 Å². The van der Waals surface area contributed by atoms with Crippen LogP contribution in [0.1, 0.15) is 34.0 Å². The summed E-state index contributed by atoms with van der Waals surface area (Å²) in [7, 11) is 0. The Morgan fingerprint density at radius 3 is 2.58 bits per heavy atom. The molecule has 6 nitrogen and oxygen atoms in total. The topological polar surface area (TPSA) is 68.1 Å². The van der Waals surface area contributed by atoms with Gasteiger partial charge in [0, 0.05) is 31.1 Å². The average molecular weight is 386 g/mol. The highest BCUT2D eigenvalue weighted by atomic mass is 32.1. The summed E-state index contributed by atoms with van der Waals surface area (Å²) in [4.78, 5) is 33.5. The molecule has 1 aliphatic rings. The number of piperidine rings is 1. The zero-order chi connectivity index (χ0) is 18.9. The van der Waals surface area contributed by atoms with Gasteiger partial charge in [-0.1, -0.05) is 0 Å². The molecule has 3 heterocycles. The summed E-state index contributed by atoms with van der Waals surface area (Å²) in [5.74, 6) is -0.00591. The Kier molecular flexibility index (Phi) is 5.12. The molecule has 0 aliphatic carbocycles. The molecule has 1 aliphatic heterocycles. The largest absolute Gasteiger partial charge is 0.433 e. The molecule has 0 spiro atoms. The summed E-state index contributed by atoms with van der Waals surface area (Å²) in [5, 5.41) is 2.56. The fourth-order valence-corrected chi connectivity index (χ4v) is 3.53. The van der Waals surface area contributed by atoms with E-state index in [9.17, 15) is 22.8 Å². The first kappa shape index (κ1) is 18.6. The van der Waals surface area contributed by atoms with Crippen LogP contribution in [0.2, 0.25) is 0 Å². The molecule has 26 heavy (non-hydrogen) atoms. The Morgan fingerprint density at radius 1 is 1.35 bits per heavy atom. The summed E-state index contributed by atoms with van der Waals surface area (Å²) >= 11 is 1.42. The number of rotatable bonds is 3. The van der Waals surface area contributed by atoms with Crippen molar-refractivity contribution in [2.75, 3.05) is 13.1 Å². The van der Waals surface area contributed by atoms with Gasteiger partial charge in [-0.25, -0.2) is 9.97 Å². The van der Waals surface area contributed by atoms with Crippen LogP contribution in [-0.2, 0) is 12.7 Å². The summed E-state index contributed by atoms with van der Waals surface area (Å²) in [6.07, 6.45) is -2.34. The second-order valence-electron chi connectivity index (χ2n) is 6.25. The first-order chi connectivity index (χ1) is 12.2. The molecule has 1 fully saturated rings. The van der Waals surface area contributed by atoms with Gasteiger partial charge < -0.3 is 4.90 Å². The first-order valence-electron chi connectivity index (χ1n) is 8.09. The van der Waals surface area contributed by atoms with E-state index in [1.165, 1.54) is 15.9 Å². The van der Waals surface area contributed by atoms with Gasteiger partial charge in [-0.05, 0) is 25.7 Å². The van der Waals surface area contributed by atoms with Crippen LogP contribution in [0.5, 0.6) is 0 Å². The number of aryl methyl sites for hydroxylation is 1. The van der Waals surface area contributed by atoms with Crippen LogP contribution in [0, 0.1) is 12.8 Å². The van der Waals surface area contributed by atoms with Crippen LogP contribution in [0.4, 0.5) is 13.2 Å². The minimum atomic E-state index is -4.63. The fraction of sp³-hybridized carbons (Fsp3) is 0.500. The number of nitrogens with zero attached hydrogens (tertiary/aromatic N) is 4. The third kappa shape index (κ3) is 4.12. The molecular formula is C16H17F3N4O2S. The lowest BCUT2D eigenvalue weighted by atomic mass is 9.96. The SMILES string of the molecule is Cc1nc(C(=O)N2CCC(Cn3cnc(C(F)(F)F)cc3=O)CC2)cs1. The van der Waals surface area contributed by atoms with Crippen molar-refractivity contribution < 1.29 is 18.0 Å². The van der Waals surface area contributed by atoms with Crippen LogP contribution < -0.4 is 5.56 Å². The first-order valence-corrected chi connectivity index (χ1v) is 8.97. The van der Waals surface area contributed by atoms with Crippen LogP contribution in [0.3, 0.4) is 0 Å². The molecule has 0 N–H and O–H groups in total. The third-order valence-electron chi connectivity index (χ3n) is 4.36. The fourth-order valence-electron chi connectivity index (χ4n) is 2.94. The van der Waals surface area contributed by atoms with Gasteiger partial charge in [-0.15, -0.1) is 11.3 Å². The van der Waals surface area contributed by atoms with Crippen molar-refractivity contribution in [2.45, 2.75) is 32.5 Å². The molecule has 2 aromatic heterocycles. The standard InChI is InChI=1S/C16H17F3N4O2S/c1-10-21-12(8-26-10)15(25)22-4-2-11(3-5-22)7-23-9-20-13(6-14(23)24)16(17,18)19/h6,8-9,11H,2-5,7H2,1H3. The lowest BCUT2D eigenvalue weighted by Gasteiger charge is -2.31. The van der Waals surface area contributed by atoms with Crippen LogP contribution in [-0.4, -0.2) is 38.4 Å². The van der Waals surface area contributed by atoms with Gasteiger partial charge >= 0.3 is 6.18 Å². The molecule has 140 valence electrons. The van der Waals surface area contributed by atoms with Gasteiger partial charge in [0.2, 0.25) is 0 Å². The second-order valence-corrected chi connectivity index (χ2v) is 7.31. The van der Waals surface area contributed by atoms with E-state index < -0.39 is 17.4 Å². The molecule has 0 radical (unpaired) electrons. The van der Waals surface area contributed by atoms with Gasteiger partial charge in [0.25, 0.3) is 11.5 Å². The highest BCUT2D eigenvalue weighted by Crippen LogP contribution is 2.26. The molecule has 0 unspecified atom stereocenters. The van der Waals surface area contributed by atoms with Crippen molar-refractivity contribution in [2.24, 2.45) is 5.92 Å². The number of aromatic nitrogens is 3. The number of hydrogen-bond donors (Lipinski definition) is 0. The Bertz CT molecular complexity index is 854. The van der Waals surface area contributed by atoms with Crippen molar-refractivity contribution in [3.8, 4) is 0 Å². The van der Waals surface area contributed by atoms with Crippen molar-refractivity contribution >= 4 is 17.2 Å². The molecule has 3 rings (SSSR count). The molecule has 1 saturated heterocycles. The smallest absolute Gasteiger partial charge is 0.337 e. The lowest BCUT2D eigenvalue weighted by Crippen LogP contribution is -2.40. The van der Waals surface area contributed by atoms with Crippen molar-refractivity contribution in [3.63, 3.8) is 0 Å². The van der Waals surface area contributed by atoms with Gasteiger partial charge in [-0.2, -0.15) is 13.2 Å². The quantitative estimate of drug-likeness (QED) is 0.813. The summed E-state index contributed by atoms with van der Waals surface area (Å²) in [5.41, 5.74) is -1.46. The van der Waals surface area contributed by atoms with E-state index in [0.29, 0.717) is 44.2 Å². The van der Waals surface area contributed by atoms with Crippen molar-refractivity contribution in [1.82, 2.24) is 19.4 Å². The van der Waals surface area contributed by atoms with Gasteiger partial charge in [0.1, 0.15) is 5.69 Å². The Morgan fingerprint density at radius 2 is 2.04 bits per heavy atom. The highest BCUT2D eigenvalue weighted by molar-refractivity contribution is 7.09. The number of thiazole rings is 1. The number of carbonyl (C=O) groups is 1. The summed E-state index contributed by atoms with van der Waals surface area (Å²) in [6.45, 7) is 3.19. The predicted molar refractivity (Wildman–Crippen MR) is 89.0 cm³/mol. The van der Waals surface area contributed by atoms with E-state index in [4.69, 9.17) is 0 Å². The van der Waals surface area contributed by atoms with Gasteiger partial charge in [-0.3, -0.25) is 14.2 Å². The summed E-state index contributed by atoms with van der Waals surface area (Å²) in [6, 6.07) is 0.517. The number of carbonyl (C=O) groups excluding carboxylic acids is 1. The van der Waals surface area contributed by atoms with Gasteiger partial charge in [0.15, 0.2) is 5.69 Å². The zero-order valence-corrected chi connectivity index (χ0v) is 14.8. The number of alkyl halides is 3. The van der Waals surface area contributed by atoms with Crippen molar-refractivity contribution in [3.05, 3.63) is 44.5 Å². The van der Waals surface area contributed by atoms with Gasteiger partial charge in [0.05, 0.1) is 11.3 Å². The minimum absolute atomic E-state index is 0.104. The summed E-state index contributed by atoms with van der Waals surface area (Å²) < 4.78 is 38.9. The van der Waals surface area contributed by atoms with E-state index in [1.807, 2.05) is 6.92 Å². The van der Waals surface area contributed by atoms with Crippen molar-refractivity contribution in [1.29, 1.82) is 0 Å². The second kappa shape index (κ2) is 7.18. The molecule has 0 saturated carbocycles. The number of likely N-dealkylation sites (tertiary alicyclic amines) is 1. The van der Waals surface area contributed by atoms with E-state index in [0.717, 1.165) is 11.3 Å². The number of amides is 1. The molecule has 2 aromatic rings. The molecule has 10 heteroatoms. The number of halogens is 3. The molecule has 0 aromatic carbocycles. The molecule has 0 bridgehead atoms. The van der Waals surface area contributed by atoms with E-state index in [1.54, 1.807) is 10.3 Å². The maximum atomic E-state index is 12.6. The third-order valence-corrected chi connectivity index (χ3v) is 5.14. The Labute approximate surface area is 151 Å². The molecular weight excluding hydrogens is 369 g/mol. The molecule has 1 amide bonds. The monoisotopic (exact) mass is 386 g/mol. The average Bonchev–Trinajstić information content (AvgIpc) is 3.02. The maximum Gasteiger partial charge on any atom is 0.433 e. The highest BCUT2D eigenvalue weighted by Gasteiger charge is 2.33. The van der Waals surface area contributed by atoms with E-state index >= 15 is 0 Å². The Hall–Kier alpha value is -2.23. The Balaban J connectivity index is 1.59. The molecule has 0 atom stereocenters. The van der Waals surface area contributed by atoms with Crippen LogP contribution in [0.25, 0.3) is 0 Å².